The summed E-state index contributed by atoms with van der Waals surface area (Å²) in [6, 6.07) is 0. The maximum atomic E-state index is 12.8. The zero-order valence-corrected chi connectivity index (χ0v) is 42.8. The van der Waals surface area contributed by atoms with Gasteiger partial charge in [-0.25, -0.2) is 0 Å². The van der Waals surface area contributed by atoms with Gasteiger partial charge in [0.2, 0.25) is 0 Å². The lowest BCUT2D eigenvalue weighted by Gasteiger charge is -2.18. The summed E-state index contributed by atoms with van der Waals surface area (Å²) in [5, 5.41) is 0. The van der Waals surface area contributed by atoms with E-state index in [1.807, 2.05) is 0 Å². The molecule has 0 rings (SSSR count). The summed E-state index contributed by atoms with van der Waals surface area (Å²) in [7, 11) is 0. The summed E-state index contributed by atoms with van der Waals surface area (Å²) in [6.45, 7) is 6.59. The molecule has 0 saturated heterocycles. The second kappa shape index (κ2) is 53.2. The van der Waals surface area contributed by atoms with E-state index >= 15 is 0 Å². The number of carbonyl (C=O) groups is 3. The van der Waals surface area contributed by atoms with Crippen molar-refractivity contribution in [3.05, 3.63) is 36.5 Å². The van der Waals surface area contributed by atoms with Crippen molar-refractivity contribution < 1.29 is 28.6 Å². The molecule has 0 aromatic heterocycles. The first kappa shape index (κ1) is 61.6. The van der Waals surface area contributed by atoms with Crippen LogP contribution in [-0.2, 0) is 28.6 Å². The number of allylic oxidation sites excluding steroid dienone is 6. The molecule has 374 valence electrons. The van der Waals surface area contributed by atoms with Crippen molar-refractivity contribution in [1.82, 2.24) is 0 Å². The van der Waals surface area contributed by atoms with Crippen molar-refractivity contribution in [1.29, 1.82) is 0 Å². The fourth-order valence-electron chi connectivity index (χ4n) is 8.14. The molecule has 0 spiro atoms. The minimum atomic E-state index is -0.780. The lowest BCUT2D eigenvalue weighted by atomic mass is 10.0. The van der Waals surface area contributed by atoms with Crippen LogP contribution in [0, 0.1) is 0 Å². The fourth-order valence-corrected chi connectivity index (χ4v) is 8.14. The van der Waals surface area contributed by atoms with E-state index in [0.29, 0.717) is 19.3 Å². The maximum absolute atomic E-state index is 12.8. The van der Waals surface area contributed by atoms with Crippen molar-refractivity contribution in [2.24, 2.45) is 0 Å². The van der Waals surface area contributed by atoms with Crippen LogP contribution in [0.15, 0.2) is 36.5 Å². The van der Waals surface area contributed by atoms with Gasteiger partial charge in [-0.3, -0.25) is 14.4 Å². The van der Waals surface area contributed by atoms with Crippen LogP contribution < -0.4 is 0 Å². The second-order valence-electron chi connectivity index (χ2n) is 18.9. The van der Waals surface area contributed by atoms with E-state index in [0.717, 1.165) is 57.8 Å². The molecule has 0 radical (unpaired) electrons. The van der Waals surface area contributed by atoms with Crippen molar-refractivity contribution in [3.8, 4) is 0 Å². The summed E-state index contributed by atoms with van der Waals surface area (Å²) >= 11 is 0. The number of hydrogen-bond acceptors (Lipinski definition) is 6. The molecule has 6 nitrogen and oxygen atoms in total. The second-order valence-corrected chi connectivity index (χ2v) is 18.9. The van der Waals surface area contributed by atoms with Crippen LogP contribution in [0.2, 0.25) is 0 Å². The quantitative estimate of drug-likeness (QED) is 0.0199. The van der Waals surface area contributed by atoms with E-state index < -0.39 is 6.10 Å². The van der Waals surface area contributed by atoms with E-state index in [1.54, 1.807) is 0 Å². The SMILES string of the molecule is CCCCC/C=C\C=C/CCCCCCCCCCCCC(=O)OCC(COC(=O)CCC/C=C\CCCCCC)OC(=O)CCCCCCCCCCCCCCCCCCCC. The van der Waals surface area contributed by atoms with Crippen molar-refractivity contribution in [2.45, 2.75) is 303 Å². The van der Waals surface area contributed by atoms with Gasteiger partial charge < -0.3 is 14.2 Å². The highest BCUT2D eigenvalue weighted by Gasteiger charge is 2.19. The third-order valence-electron chi connectivity index (χ3n) is 12.4. The van der Waals surface area contributed by atoms with Crippen molar-refractivity contribution in [3.63, 3.8) is 0 Å². The van der Waals surface area contributed by atoms with Gasteiger partial charge in [0.1, 0.15) is 13.2 Å². The molecule has 0 fully saturated rings. The van der Waals surface area contributed by atoms with Crippen molar-refractivity contribution in [2.75, 3.05) is 13.2 Å². The van der Waals surface area contributed by atoms with Crippen molar-refractivity contribution >= 4 is 17.9 Å². The van der Waals surface area contributed by atoms with Crippen LogP contribution in [0.3, 0.4) is 0 Å². The lowest BCUT2D eigenvalue weighted by Crippen LogP contribution is -2.30. The Morgan fingerprint density at radius 1 is 0.312 bits per heavy atom. The van der Waals surface area contributed by atoms with Crippen LogP contribution >= 0.6 is 0 Å². The molecule has 6 heteroatoms. The minimum Gasteiger partial charge on any atom is -0.462 e. The van der Waals surface area contributed by atoms with Crippen LogP contribution in [0.4, 0.5) is 0 Å². The average Bonchev–Trinajstić information content (AvgIpc) is 3.29. The van der Waals surface area contributed by atoms with Gasteiger partial charge in [0.25, 0.3) is 0 Å². The largest absolute Gasteiger partial charge is 0.462 e. The Kier molecular flexibility index (Phi) is 51.3. The third-order valence-corrected chi connectivity index (χ3v) is 12.4. The lowest BCUT2D eigenvalue weighted by molar-refractivity contribution is -0.167. The summed E-state index contributed by atoms with van der Waals surface area (Å²) in [5.74, 6) is -0.905. The zero-order valence-electron chi connectivity index (χ0n) is 42.8. The minimum absolute atomic E-state index is 0.0792. The van der Waals surface area contributed by atoms with Gasteiger partial charge >= 0.3 is 17.9 Å². The fraction of sp³-hybridized carbons (Fsp3) is 0.845. The molecule has 0 saturated carbocycles. The first-order valence-corrected chi connectivity index (χ1v) is 28.0. The van der Waals surface area contributed by atoms with Gasteiger partial charge in [0.05, 0.1) is 0 Å². The number of hydrogen-bond donors (Lipinski definition) is 0. The van der Waals surface area contributed by atoms with Gasteiger partial charge in [-0.15, -0.1) is 0 Å². The predicted molar refractivity (Wildman–Crippen MR) is 275 cm³/mol. The molecule has 0 aliphatic rings. The highest BCUT2D eigenvalue weighted by Crippen LogP contribution is 2.16. The zero-order chi connectivity index (χ0) is 46.5. The Morgan fingerprint density at radius 2 is 0.578 bits per heavy atom. The van der Waals surface area contributed by atoms with Gasteiger partial charge in [-0.2, -0.15) is 0 Å². The Morgan fingerprint density at radius 3 is 0.984 bits per heavy atom. The Balaban J connectivity index is 4.26. The number of esters is 3. The summed E-state index contributed by atoms with van der Waals surface area (Å²) in [5.41, 5.74) is 0. The molecular formula is C58H106O6. The molecule has 0 aliphatic carbocycles. The molecule has 64 heavy (non-hydrogen) atoms. The first-order valence-electron chi connectivity index (χ1n) is 28.0. The Bertz CT molecular complexity index is 1080. The van der Waals surface area contributed by atoms with E-state index in [-0.39, 0.29) is 31.1 Å². The molecular weight excluding hydrogens is 793 g/mol. The van der Waals surface area contributed by atoms with Gasteiger partial charge in [0.15, 0.2) is 6.10 Å². The summed E-state index contributed by atoms with van der Waals surface area (Å²) in [4.78, 5) is 38.0. The summed E-state index contributed by atoms with van der Waals surface area (Å²) < 4.78 is 16.8. The van der Waals surface area contributed by atoms with Crippen LogP contribution in [-0.4, -0.2) is 37.2 Å². The number of carbonyl (C=O) groups excluding carboxylic acids is 3. The maximum Gasteiger partial charge on any atom is 0.306 e. The van der Waals surface area contributed by atoms with Crippen LogP contribution in [0.25, 0.3) is 0 Å². The van der Waals surface area contributed by atoms with Crippen LogP contribution in [0.1, 0.15) is 297 Å². The first-order chi connectivity index (χ1) is 31.5. The normalized spacial score (nSPS) is 12.2. The van der Waals surface area contributed by atoms with E-state index in [1.165, 1.54) is 199 Å². The van der Waals surface area contributed by atoms with Gasteiger partial charge in [-0.05, 0) is 64.2 Å². The molecule has 0 aliphatic heterocycles. The molecule has 0 N–H and O–H groups in total. The molecule has 0 bridgehead atoms. The third kappa shape index (κ3) is 50.6. The van der Waals surface area contributed by atoms with Crippen LogP contribution in [0.5, 0.6) is 0 Å². The molecule has 1 atom stereocenters. The molecule has 0 amide bonds. The monoisotopic (exact) mass is 899 g/mol. The molecule has 0 heterocycles. The Hall–Kier alpha value is -2.37. The predicted octanol–water partition coefficient (Wildman–Crippen LogP) is 18.5. The number of unbranched alkanes of at least 4 members (excludes halogenated alkanes) is 35. The summed E-state index contributed by atoms with van der Waals surface area (Å²) in [6.07, 6.45) is 62.9. The van der Waals surface area contributed by atoms with E-state index in [4.69, 9.17) is 14.2 Å². The van der Waals surface area contributed by atoms with Gasteiger partial charge in [-0.1, -0.05) is 250 Å². The van der Waals surface area contributed by atoms with Gasteiger partial charge in [0, 0.05) is 19.3 Å². The van der Waals surface area contributed by atoms with E-state index in [9.17, 15) is 14.4 Å². The highest BCUT2D eigenvalue weighted by atomic mass is 16.6. The van der Waals surface area contributed by atoms with E-state index in [2.05, 4.69) is 57.2 Å². The Labute approximate surface area is 397 Å². The molecule has 0 aromatic carbocycles. The highest BCUT2D eigenvalue weighted by molar-refractivity contribution is 5.71. The topological polar surface area (TPSA) is 78.9 Å². The number of ether oxygens (including phenoxy) is 3. The average molecular weight is 899 g/mol. The standard InChI is InChI=1S/C58H106O6/c1-4-7-10-13-16-19-21-23-25-27-29-31-32-34-36-39-42-45-48-51-57(60)63-54-55(53-62-56(59)50-47-44-41-38-18-15-12-9-6-3)64-58(61)52-49-46-43-40-37-35-33-30-28-26-24-22-20-17-14-11-8-5-2/h16,19,21,23,38,41,55H,4-15,17-18,20,22,24-37,39-40,42-54H2,1-3H3/b19-16-,23-21-,41-38-. The molecule has 0 aromatic rings. The smallest absolute Gasteiger partial charge is 0.306 e. The molecule has 1 unspecified atom stereocenters. The number of rotatable bonds is 51.